The van der Waals surface area contributed by atoms with E-state index in [1.165, 1.54) is 75.7 Å². The molecular weight excluding hydrogens is 344 g/mol. The molecule has 25 heavy (non-hydrogen) atoms. The van der Waals surface area contributed by atoms with Gasteiger partial charge in [0, 0.05) is 30.3 Å². The molecule has 1 aromatic rings. The maximum atomic E-state index is 4.37. The zero-order valence-corrected chi connectivity index (χ0v) is 18.0. The van der Waals surface area contributed by atoms with Gasteiger partial charge in [0.1, 0.15) is 5.82 Å². The topological polar surface area (TPSA) is 28.7 Å². The van der Waals surface area contributed by atoms with Crippen LogP contribution in [0.3, 0.4) is 0 Å². The summed E-state index contributed by atoms with van der Waals surface area (Å²) in [6, 6.07) is 0. The van der Waals surface area contributed by atoms with E-state index in [1.54, 1.807) is 0 Å². The van der Waals surface area contributed by atoms with E-state index in [2.05, 4.69) is 47.3 Å². The zero-order chi connectivity index (χ0) is 17.7. The normalized spacial score (nSPS) is 17.8. The van der Waals surface area contributed by atoms with Crippen LogP contribution in [-0.4, -0.2) is 26.1 Å². The van der Waals surface area contributed by atoms with Gasteiger partial charge in [0.05, 0.1) is 4.58 Å². The fraction of sp³-hybridized carbons (Fsp3) is 0.857. The molecule has 1 fully saturated rings. The molecule has 2 nitrogen and oxygen atoms in total. The fourth-order valence-electron chi connectivity index (χ4n) is 4.02. The van der Waals surface area contributed by atoms with Gasteiger partial charge in [0.15, 0.2) is 0 Å². The largest absolute Gasteiger partial charge is 0.349 e. The standard InChI is InChI=1S/C21H38N2S2/c1-3-5-7-11-18(10-6-4-2)19(21-24-16-17-25-21)12-8-9-13-20-22-14-15-23-20/h14-15,18-19,21H,3-13,16-17H2,1-2H3,(H,22,23). The van der Waals surface area contributed by atoms with Crippen LogP contribution >= 0.6 is 23.5 Å². The SMILES string of the molecule is CCCCCC(CCCC)C(CCCCc1ncc[nH]1)C1SCCS1. The number of thioether (sulfide) groups is 2. The predicted molar refractivity (Wildman–Crippen MR) is 115 cm³/mol. The van der Waals surface area contributed by atoms with Gasteiger partial charge in [-0.15, -0.1) is 23.5 Å². The lowest BCUT2D eigenvalue weighted by Crippen LogP contribution is -2.23. The minimum atomic E-state index is 0.868. The number of aryl methyl sites for hydroxylation is 1. The molecule has 2 heterocycles. The van der Waals surface area contributed by atoms with Crippen molar-refractivity contribution in [2.45, 2.75) is 89.1 Å². The molecular formula is C21H38N2S2. The Balaban J connectivity index is 1.85. The van der Waals surface area contributed by atoms with Crippen molar-refractivity contribution in [1.82, 2.24) is 9.97 Å². The molecule has 2 atom stereocenters. The number of H-pyrrole nitrogens is 1. The molecule has 0 aromatic carbocycles. The lowest BCUT2D eigenvalue weighted by molar-refractivity contribution is 0.275. The first kappa shape index (κ1) is 21.2. The monoisotopic (exact) mass is 382 g/mol. The van der Waals surface area contributed by atoms with Crippen LogP contribution < -0.4 is 0 Å². The first-order valence-corrected chi connectivity index (χ1v) is 12.7. The number of aromatic amines is 1. The summed E-state index contributed by atoms with van der Waals surface area (Å²) in [5.74, 6) is 5.78. The third kappa shape index (κ3) is 7.99. The highest BCUT2D eigenvalue weighted by atomic mass is 32.2. The number of nitrogens with one attached hydrogen (secondary N) is 1. The van der Waals surface area contributed by atoms with E-state index in [0.29, 0.717) is 0 Å². The summed E-state index contributed by atoms with van der Waals surface area (Å²) in [5, 5.41) is 0. The van der Waals surface area contributed by atoms with Gasteiger partial charge < -0.3 is 4.98 Å². The Morgan fingerprint density at radius 2 is 1.72 bits per heavy atom. The number of nitrogens with zero attached hydrogens (tertiary/aromatic N) is 1. The van der Waals surface area contributed by atoms with Crippen LogP contribution in [0.2, 0.25) is 0 Å². The van der Waals surface area contributed by atoms with Crippen molar-refractivity contribution < 1.29 is 0 Å². The van der Waals surface area contributed by atoms with Gasteiger partial charge in [-0.2, -0.15) is 0 Å². The van der Waals surface area contributed by atoms with E-state index < -0.39 is 0 Å². The quantitative estimate of drug-likeness (QED) is 0.354. The molecule has 0 bridgehead atoms. The van der Waals surface area contributed by atoms with E-state index >= 15 is 0 Å². The highest BCUT2D eigenvalue weighted by Crippen LogP contribution is 2.45. The summed E-state index contributed by atoms with van der Waals surface area (Å²) in [6.07, 6.45) is 18.9. The van der Waals surface area contributed by atoms with Crippen LogP contribution in [0.15, 0.2) is 12.4 Å². The van der Waals surface area contributed by atoms with Crippen molar-refractivity contribution in [3.05, 3.63) is 18.2 Å². The number of hydrogen-bond acceptors (Lipinski definition) is 3. The third-order valence-corrected chi connectivity index (χ3v) is 8.78. The van der Waals surface area contributed by atoms with Crippen molar-refractivity contribution in [3.8, 4) is 0 Å². The molecule has 144 valence electrons. The molecule has 1 aromatic heterocycles. The lowest BCUT2D eigenvalue weighted by Gasteiger charge is -2.31. The van der Waals surface area contributed by atoms with E-state index in [0.717, 1.165) is 28.7 Å². The molecule has 0 saturated carbocycles. The molecule has 2 rings (SSSR count). The third-order valence-electron chi connectivity index (χ3n) is 5.47. The molecule has 1 N–H and O–H groups in total. The van der Waals surface area contributed by atoms with Gasteiger partial charge in [0.25, 0.3) is 0 Å². The summed E-state index contributed by atoms with van der Waals surface area (Å²) in [7, 11) is 0. The molecule has 1 aliphatic rings. The van der Waals surface area contributed by atoms with Gasteiger partial charge in [0.2, 0.25) is 0 Å². The van der Waals surface area contributed by atoms with Crippen LogP contribution in [0.5, 0.6) is 0 Å². The molecule has 1 aliphatic heterocycles. The minimum Gasteiger partial charge on any atom is -0.349 e. The minimum absolute atomic E-state index is 0.868. The summed E-state index contributed by atoms with van der Waals surface area (Å²) in [6.45, 7) is 4.68. The highest BCUT2D eigenvalue weighted by molar-refractivity contribution is 8.20. The summed E-state index contributed by atoms with van der Waals surface area (Å²) in [5.41, 5.74) is 0. The average Bonchev–Trinajstić information content (AvgIpc) is 3.32. The van der Waals surface area contributed by atoms with Crippen LogP contribution in [0.25, 0.3) is 0 Å². The van der Waals surface area contributed by atoms with Crippen molar-refractivity contribution in [3.63, 3.8) is 0 Å². The number of hydrogen-bond donors (Lipinski definition) is 1. The van der Waals surface area contributed by atoms with Gasteiger partial charge in [-0.05, 0) is 24.7 Å². The van der Waals surface area contributed by atoms with E-state index in [4.69, 9.17) is 0 Å². The van der Waals surface area contributed by atoms with Gasteiger partial charge in [-0.25, -0.2) is 4.98 Å². The van der Waals surface area contributed by atoms with Gasteiger partial charge in [-0.1, -0.05) is 65.2 Å². The smallest absolute Gasteiger partial charge is 0.105 e. The number of unbranched alkanes of at least 4 members (excludes halogenated alkanes) is 4. The van der Waals surface area contributed by atoms with Crippen LogP contribution in [0, 0.1) is 11.8 Å². The van der Waals surface area contributed by atoms with Crippen molar-refractivity contribution in [1.29, 1.82) is 0 Å². The maximum Gasteiger partial charge on any atom is 0.105 e. The molecule has 0 aliphatic carbocycles. The number of imidazole rings is 1. The Morgan fingerprint density at radius 3 is 2.40 bits per heavy atom. The average molecular weight is 383 g/mol. The zero-order valence-electron chi connectivity index (χ0n) is 16.3. The van der Waals surface area contributed by atoms with E-state index in [-0.39, 0.29) is 0 Å². The molecule has 2 unspecified atom stereocenters. The molecule has 0 spiro atoms. The summed E-state index contributed by atoms with van der Waals surface area (Å²) < 4.78 is 0.868. The Morgan fingerprint density at radius 1 is 1.00 bits per heavy atom. The lowest BCUT2D eigenvalue weighted by atomic mass is 9.82. The Labute approximate surface area is 164 Å². The fourth-order valence-corrected chi connectivity index (χ4v) is 7.43. The van der Waals surface area contributed by atoms with Crippen molar-refractivity contribution >= 4 is 23.5 Å². The van der Waals surface area contributed by atoms with E-state index in [9.17, 15) is 0 Å². The Hall–Kier alpha value is -0.0900. The van der Waals surface area contributed by atoms with Crippen LogP contribution in [0.4, 0.5) is 0 Å². The number of aromatic nitrogens is 2. The number of rotatable bonds is 14. The summed E-state index contributed by atoms with van der Waals surface area (Å²) >= 11 is 4.50. The molecule has 4 heteroatoms. The Bertz CT molecular complexity index is 416. The second-order valence-electron chi connectivity index (χ2n) is 7.45. The van der Waals surface area contributed by atoms with Gasteiger partial charge in [-0.3, -0.25) is 0 Å². The van der Waals surface area contributed by atoms with Crippen molar-refractivity contribution in [2.75, 3.05) is 11.5 Å². The molecule has 0 amide bonds. The highest BCUT2D eigenvalue weighted by Gasteiger charge is 2.31. The second kappa shape index (κ2) is 13.1. The van der Waals surface area contributed by atoms with E-state index in [1.807, 2.05) is 12.4 Å². The summed E-state index contributed by atoms with van der Waals surface area (Å²) in [4.78, 5) is 7.62. The van der Waals surface area contributed by atoms with Crippen LogP contribution in [0.1, 0.15) is 83.9 Å². The molecule has 0 radical (unpaired) electrons. The first-order valence-electron chi connectivity index (χ1n) is 10.6. The molecule has 1 saturated heterocycles. The second-order valence-corrected chi connectivity index (χ2v) is 10.3. The van der Waals surface area contributed by atoms with Crippen molar-refractivity contribution in [2.24, 2.45) is 11.8 Å². The van der Waals surface area contributed by atoms with Gasteiger partial charge >= 0.3 is 0 Å². The maximum absolute atomic E-state index is 4.37. The predicted octanol–water partition coefficient (Wildman–Crippen LogP) is 6.93. The van der Waals surface area contributed by atoms with Crippen LogP contribution in [-0.2, 0) is 6.42 Å². The Kier molecular flexibility index (Phi) is 11.1. The first-order chi connectivity index (χ1) is 12.3.